The van der Waals surface area contributed by atoms with Crippen molar-refractivity contribution in [1.82, 2.24) is 15.2 Å². The van der Waals surface area contributed by atoms with E-state index in [4.69, 9.17) is 0 Å². The predicted molar refractivity (Wildman–Crippen MR) is 69.7 cm³/mol. The van der Waals surface area contributed by atoms with Crippen LogP contribution in [0, 0.1) is 0 Å². The van der Waals surface area contributed by atoms with Gasteiger partial charge in [0, 0.05) is 24.5 Å². The first-order valence-electron chi connectivity index (χ1n) is 6.29. The molecule has 0 spiro atoms. The van der Waals surface area contributed by atoms with Crippen molar-refractivity contribution >= 4 is 5.91 Å². The molecule has 0 aliphatic carbocycles. The van der Waals surface area contributed by atoms with Gasteiger partial charge in [0.2, 0.25) is 5.91 Å². The average molecular weight is 237 g/mol. The molecule has 4 nitrogen and oxygen atoms in total. The molecule has 2 N–H and O–H groups in total. The lowest BCUT2D eigenvalue weighted by atomic mass is 10.2. The fourth-order valence-electron chi connectivity index (χ4n) is 1.87. The third-order valence-corrected chi connectivity index (χ3v) is 2.95. The molecule has 0 unspecified atom stereocenters. The van der Waals surface area contributed by atoms with Crippen LogP contribution in [0.2, 0.25) is 0 Å². The van der Waals surface area contributed by atoms with E-state index in [1.165, 1.54) is 0 Å². The number of carbonyl (C=O) groups is 1. The molecule has 0 bridgehead atoms. The Balaban J connectivity index is 2.52. The van der Waals surface area contributed by atoms with Crippen LogP contribution in [0.15, 0.2) is 18.3 Å². The first-order valence-corrected chi connectivity index (χ1v) is 6.29. The highest BCUT2D eigenvalue weighted by atomic mass is 16.2. The van der Waals surface area contributed by atoms with Crippen LogP contribution in [0.5, 0.6) is 0 Å². The standard InChI is InChI=1S/C13H23N3O/c1-4-11(5-2)15-13(17)10-16-8-6-7-12(16)9-14-3/h6-8,11,14H,4-5,9-10H2,1-3H3,(H,15,17). The molecule has 96 valence electrons. The summed E-state index contributed by atoms with van der Waals surface area (Å²) >= 11 is 0. The Hall–Kier alpha value is -1.29. The Morgan fingerprint density at radius 1 is 1.41 bits per heavy atom. The highest BCUT2D eigenvalue weighted by Crippen LogP contribution is 2.02. The monoisotopic (exact) mass is 237 g/mol. The second-order valence-electron chi connectivity index (χ2n) is 4.24. The maximum atomic E-state index is 11.8. The van der Waals surface area contributed by atoms with E-state index in [9.17, 15) is 4.79 Å². The van der Waals surface area contributed by atoms with Crippen LogP contribution in [0.1, 0.15) is 32.4 Å². The Labute approximate surface area is 103 Å². The molecule has 17 heavy (non-hydrogen) atoms. The van der Waals surface area contributed by atoms with Gasteiger partial charge in [-0.1, -0.05) is 13.8 Å². The minimum atomic E-state index is 0.0900. The maximum Gasteiger partial charge on any atom is 0.240 e. The third-order valence-electron chi connectivity index (χ3n) is 2.95. The average Bonchev–Trinajstić information content (AvgIpc) is 2.74. The van der Waals surface area contributed by atoms with Gasteiger partial charge in [-0.25, -0.2) is 0 Å². The normalized spacial score (nSPS) is 10.8. The van der Waals surface area contributed by atoms with Crippen molar-refractivity contribution < 1.29 is 4.79 Å². The van der Waals surface area contributed by atoms with Gasteiger partial charge in [0.25, 0.3) is 0 Å². The summed E-state index contributed by atoms with van der Waals surface area (Å²) in [4.78, 5) is 11.8. The van der Waals surface area contributed by atoms with Gasteiger partial charge >= 0.3 is 0 Å². The van der Waals surface area contributed by atoms with Crippen molar-refractivity contribution in [2.75, 3.05) is 7.05 Å². The smallest absolute Gasteiger partial charge is 0.240 e. The number of nitrogens with zero attached hydrogens (tertiary/aromatic N) is 1. The molecule has 1 rings (SSSR count). The lowest BCUT2D eigenvalue weighted by Gasteiger charge is -2.16. The molecule has 0 atom stereocenters. The molecule has 0 aliphatic rings. The Morgan fingerprint density at radius 2 is 2.12 bits per heavy atom. The van der Waals surface area contributed by atoms with Crippen molar-refractivity contribution in [1.29, 1.82) is 0 Å². The molecule has 0 saturated heterocycles. The second-order valence-corrected chi connectivity index (χ2v) is 4.24. The fourth-order valence-corrected chi connectivity index (χ4v) is 1.87. The molecule has 1 aromatic rings. The van der Waals surface area contributed by atoms with Gasteiger partial charge in [-0.2, -0.15) is 0 Å². The van der Waals surface area contributed by atoms with Crippen LogP contribution in [0.3, 0.4) is 0 Å². The molecular weight excluding hydrogens is 214 g/mol. The van der Waals surface area contributed by atoms with Crippen molar-refractivity contribution in [3.63, 3.8) is 0 Å². The van der Waals surface area contributed by atoms with Crippen molar-refractivity contribution in [2.24, 2.45) is 0 Å². The number of rotatable bonds is 7. The molecule has 1 heterocycles. The van der Waals surface area contributed by atoms with Crippen molar-refractivity contribution in [3.05, 3.63) is 24.0 Å². The highest BCUT2D eigenvalue weighted by Gasteiger charge is 2.09. The fraction of sp³-hybridized carbons (Fsp3) is 0.615. The summed E-state index contributed by atoms with van der Waals surface area (Å²) in [6.07, 6.45) is 3.91. The first kappa shape index (κ1) is 13.8. The molecular formula is C13H23N3O. The van der Waals surface area contributed by atoms with Crippen molar-refractivity contribution in [2.45, 2.75) is 45.8 Å². The summed E-state index contributed by atoms with van der Waals surface area (Å²) in [5.41, 5.74) is 1.13. The Morgan fingerprint density at radius 3 is 2.71 bits per heavy atom. The minimum absolute atomic E-state index is 0.0900. The SMILES string of the molecule is CCC(CC)NC(=O)Cn1cccc1CNC. The van der Waals surface area contributed by atoms with Crippen LogP contribution >= 0.6 is 0 Å². The molecule has 0 saturated carbocycles. The summed E-state index contributed by atoms with van der Waals surface area (Å²) in [6.45, 7) is 5.37. The first-order chi connectivity index (χ1) is 8.21. The largest absolute Gasteiger partial charge is 0.352 e. The van der Waals surface area contributed by atoms with Gasteiger partial charge in [0.05, 0.1) is 0 Å². The zero-order valence-corrected chi connectivity index (χ0v) is 11.0. The number of nitrogens with one attached hydrogen (secondary N) is 2. The maximum absolute atomic E-state index is 11.8. The minimum Gasteiger partial charge on any atom is -0.352 e. The van der Waals surface area contributed by atoms with Gasteiger partial charge < -0.3 is 15.2 Å². The van der Waals surface area contributed by atoms with E-state index >= 15 is 0 Å². The lowest BCUT2D eigenvalue weighted by molar-refractivity contribution is -0.122. The van der Waals surface area contributed by atoms with E-state index in [1.54, 1.807) is 0 Å². The summed E-state index contributed by atoms with van der Waals surface area (Å²) in [5.74, 6) is 0.0900. The van der Waals surface area contributed by atoms with Crippen LogP contribution in [0.4, 0.5) is 0 Å². The number of carbonyl (C=O) groups excluding carboxylic acids is 1. The van der Waals surface area contributed by atoms with E-state index in [2.05, 4.69) is 24.5 Å². The molecule has 0 aromatic carbocycles. The molecule has 0 radical (unpaired) electrons. The third kappa shape index (κ3) is 4.23. The zero-order valence-electron chi connectivity index (χ0n) is 11.0. The number of hydrogen-bond donors (Lipinski definition) is 2. The van der Waals surface area contributed by atoms with Gasteiger partial charge in [0.15, 0.2) is 0 Å². The number of amides is 1. The quantitative estimate of drug-likeness (QED) is 0.755. The topological polar surface area (TPSA) is 46.1 Å². The molecule has 4 heteroatoms. The Kier molecular flexibility index (Phi) is 5.77. The molecule has 1 amide bonds. The number of hydrogen-bond acceptors (Lipinski definition) is 2. The summed E-state index contributed by atoms with van der Waals surface area (Å²) in [6, 6.07) is 4.30. The Bertz CT molecular complexity index is 342. The van der Waals surface area contributed by atoms with Crippen LogP contribution in [0.25, 0.3) is 0 Å². The second kappa shape index (κ2) is 7.12. The van der Waals surface area contributed by atoms with E-state index in [1.807, 2.05) is 29.9 Å². The van der Waals surface area contributed by atoms with E-state index in [-0.39, 0.29) is 5.91 Å². The highest BCUT2D eigenvalue weighted by molar-refractivity contribution is 5.76. The van der Waals surface area contributed by atoms with Gasteiger partial charge in [-0.15, -0.1) is 0 Å². The van der Waals surface area contributed by atoms with Crippen LogP contribution < -0.4 is 10.6 Å². The van der Waals surface area contributed by atoms with E-state index in [0.29, 0.717) is 12.6 Å². The summed E-state index contributed by atoms with van der Waals surface area (Å²) in [7, 11) is 1.90. The van der Waals surface area contributed by atoms with Crippen molar-refractivity contribution in [3.8, 4) is 0 Å². The van der Waals surface area contributed by atoms with Crippen LogP contribution in [-0.4, -0.2) is 23.6 Å². The van der Waals surface area contributed by atoms with Gasteiger partial charge in [0.1, 0.15) is 6.54 Å². The van der Waals surface area contributed by atoms with Crippen LogP contribution in [-0.2, 0) is 17.9 Å². The number of aromatic nitrogens is 1. The van der Waals surface area contributed by atoms with E-state index in [0.717, 1.165) is 25.1 Å². The zero-order chi connectivity index (χ0) is 12.7. The van der Waals surface area contributed by atoms with Gasteiger partial charge in [-0.3, -0.25) is 4.79 Å². The molecule has 0 aliphatic heterocycles. The summed E-state index contributed by atoms with van der Waals surface area (Å²) in [5, 5.41) is 6.14. The summed E-state index contributed by atoms with van der Waals surface area (Å²) < 4.78 is 1.98. The molecule has 1 aromatic heterocycles. The predicted octanol–water partition coefficient (Wildman–Crippen LogP) is 1.51. The lowest BCUT2D eigenvalue weighted by Crippen LogP contribution is -2.36. The van der Waals surface area contributed by atoms with Gasteiger partial charge in [-0.05, 0) is 32.0 Å². The molecule has 0 fully saturated rings. The van der Waals surface area contributed by atoms with E-state index < -0.39 is 0 Å².